The van der Waals surface area contributed by atoms with Gasteiger partial charge in [0.2, 0.25) is 0 Å². The molecule has 0 unspecified atom stereocenters. The molecule has 0 radical (unpaired) electrons. The standard InChI is InChI=1S/C79H108N7O4/c1-11-12-13-14-15-16-17-18-25-56-87-64-37-29-60(30-38-64)76-68-45-47-70(80-68)77(61-31-39-65(40-32-61)88-57-26-19-22-53-84(2,3)4)72-49-51-74(82-72)79(63-35-43-67(44-36-63)90-59-28-21-24-55-86(8,9)10)75-52-50-73(83-75)78(71-48-46-69(76)81-71)62-33-41-66(42-34-62)89-58-27-20-23-54-85(5,6)7/h29-52,80-83H,11-28,53-59H2,1-10H3/q+3. The molecule has 0 aliphatic carbocycles. The lowest BCUT2D eigenvalue weighted by Crippen LogP contribution is -2.35. The zero-order valence-corrected chi connectivity index (χ0v) is 56.5. The van der Waals surface area contributed by atoms with E-state index in [1.807, 2.05) is 0 Å². The van der Waals surface area contributed by atoms with Crippen molar-refractivity contribution in [1.82, 2.24) is 19.9 Å². The number of H-pyrrole nitrogens is 4. The Morgan fingerprint density at radius 2 is 0.467 bits per heavy atom. The molecule has 480 valence electrons. The summed E-state index contributed by atoms with van der Waals surface area (Å²) >= 11 is 0. The Hall–Kier alpha value is -7.44. The first-order chi connectivity index (χ1) is 43.5. The van der Waals surface area contributed by atoms with Gasteiger partial charge in [0, 0.05) is 66.5 Å². The second kappa shape index (κ2) is 32.5. The van der Waals surface area contributed by atoms with Gasteiger partial charge in [-0.3, -0.25) is 0 Å². The van der Waals surface area contributed by atoms with E-state index in [2.05, 4.69) is 236 Å². The number of quaternary nitrogens is 3. The van der Waals surface area contributed by atoms with E-state index in [1.54, 1.807) is 0 Å². The molecule has 0 saturated heterocycles. The maximum atomic E-state index is 6.40. The molecule has 1 aliphatic heterocycles. The van der Waals surface area contributed by atoms with Crippen LogP contribution >= 0.6 is 0 Å². The number of benzene rings is 4. The molecule has 4 aromatic carbocycles. The summed E-state index contributed by atoms with van der Waals surface area (Å²) in [5, 5.41) is 3.95. The number of aromatic nitrogens is 4. The molecule has 5 heterocycles. The Morgan fingerprint density at radius 1 is 0.244 bits per heavy atom. The van der Waals surface area contributed by atoms with E-state index in [0.29, 0.717) is 19.8 Å². The summed E-state index contributed by atoms with van der Waals surface area (Å²) in [5.41, 5.74) is 12.4. The molecule has 4 N–H and O–H groups in total. The van der Waals surface area contributed by atoms with Crippen LogP contribution in [0.25, 0.3) is 22.3 Å². The smallest absolute Gasteiger partial charge is 0.119 e. The molecule has 4 aromatic heterocycles. The fourth-order valence-corrected chi connectivity index (χ4v) is 12.2. The van der Waals surface area contributed by atoms with Crippen LogP contribution in [-0.4, -0.2) is 143 Å². The van der Waals surface area contributed by atoms with E-state index < -0.39 is 0 Å². The third kappa shape index (κ3) is 20.3. The molecular weight excluding hydrogens is 1110 g/mol. The molecule has 11 nitrogen and oxygen atoms in total. The number of nitrogens with zero attached hydrogens (tertiary/aromatic N) is 3. The molecule has 8 bridgehead atoms. The van der Waals surface area contributed by atoms with Crippen molar-refractivity contribution in [2.75, 3.05) is 109 Å². The highest BCUT2D eigenvalue weighted by Crippen LogP contribution is 2.31. The van der Waals surface area contributed by atoms with Gasteiger partial charge in [0.1, 0.15) is 23.0 Å². The van der Waals surface area contributed by atoms with Crippen LogP contribution in [-0.2, 0) is 0 Å². The number of rotatable bonds is 36. The van der Waals surface area contributed by atoms with Gasteiger partial charge in [0.25, 0.3) is 0 Å². The summed E-state index contributed by atoms with van der Waals surface area (Å²) in [6.45, 7) is 8.57. The largest absolute Gasteiger partial charge is 0.494 e. The van der Waals surface area contributed by atoms with E-state index in [1.165, 1.54) is 70.6 Å². The molecule has 0 fully saturated rings. The van der Waals surface area contributed by atoms with Gasteiger partial charge in [0.05, 0.1) is 109 Å². The summed E-state index contributed by atoms with van der Waals surface area (Å²) in [5.74, 6) is 3.51. The quantitative estimate of drug-likeness (QED) is 0.0232. The van der Waals surface area contributed by atoms with Gasteiger partial charge in [0.15, 0.2) is 0 Å². The van der Waals surface area contributed by atoms with Gasteiger partial charge >= 0.3 is 0 Å². The average Bonchev–Trinajstić information content (AvgIpc) is 1.68. The number of nitrogens with one attached hydrogen (secondary N) is 4. The number of hydrogen-bond acceptors (Lipinski definition) is 4. The minimum atomic E-state index is 0.694. The Balaban J connectivity index is 1.11. The van der Waals surface area contributed by atoms with Crippen molar-refractivity contribution in [2.24, 2.45) is 0 Å². The van der Waals surface area contributed by atoms with Crippen LogP contribution in [0, 0.1) is 0 Å². The van der Waals surface area contributed by atoms with Crippen molar-refractivity contribution in [3.8, 4) is 23.0 Å². The first kappa shape index (κ1) is 67.0. The van der Waals surface area contributed by atoms with E-state index in [0.717, 1.165) is 196 Å². The molecule has 0 amide bonds. The minimum absolute atomic E-state index is 0.694. The molecular formula is C79H108N7O4+3. The first-order valence-corrected chi connectivity index (χ1v) is 34.1. The Morgan fingerprint density at radius 3 is 0.700 bits per heavy atom. The van der Waals surface area contributed by atoms with Gasteiger partial charge in [-0.1, -0.05) is 107 Å². The van der Waals surface area contributed by atoms with E-state index in [9.17, 15) is 0 Å². The molecule has 90 heavy (non-hydrogen) atoms. The molecule has 0 saturated carbocycles. The van der Waals surface area contributed by atoms with Crippen LogP contribution in [0.15, 0.2) is 146 Å². The van der Waals surface area contributed by atoms with E-state index >= 15 is 0 Å². The third-order valence-corrected chi connectivity index (χ3v) is 17.2. The Labute approximate surface area is 538 Å². The number of hydrogen-bond donors (Lipinski definition) is 4. The number of unbranched alkanes of at least 4 members (excludes halogenated alkanes) is 14. The van der Waals surface area contributed by atoms with Gasteiger partial charge in [-0.15, -0.1) is 0 Å². The fourth-order valence-electron chi connectivity index (χ4n) is 12.2. The van der Waals surface area contributed by atoms with Crippen molar-refractivity contribution in [1.29, 1.82) is 0 Å². The lowest BCUT2D eigenvalue weighted by Gasteiger charge is -2.23. The molecule has 9 rings (SSSR count). The normalized spacial score (nSPS) is 12.9. The van der Waals surface area contributed by atoms with Crippen LogP contribution in [0.5, 0.6) is 23.0 Å². The average molecular weight is 1220 g/mol. The lowest BCUT2D eigenvalue weighted by molar-refractivity contribution is -0.870. The van der Waals surface area contributed by atoms with Gasteiger partial charge in [-0.25, -0.2) is 0 Å². The first-order valence-electron chi connectivity index (χ1n) is 34.1. The van der Waals surface area contributed by atoms with Gasteiger partial charge in [-0.2, -0.15) is 0 Å². The second-order valence-corrected chi connectivity index (χ2v) is 28.2. The molecule has 8 aromatic rings. The molecule has 0 spiro atoms. The summed E-state index contributed by atoms with van der Waals surface area (Å²) in [6.07, 6.45) is 21.7. The van der Waals surface area contributed by atoms with Crippen LogP contribution in [0.4, 0.5) is 0 Å². The maximum absolute atomic E-state index is 6.40. The van der Waals surface area contributed by atoms with Crippen molar-refractivity contribution in [2.45, 2.75) is 122 Å². The Kier molecular flexibility index (Phi) is 24.2. The monoisotopic (exact) mass is 1220 g/mol. The predicted molar refractivity (Wildman–Crippen MR) is 373 cm³/mol. The highest BCUT2D eigenvalue weighted by atomic mass is 16.5. The van der Waals surface area contributed by atoms with Crippen molar-refractivity contribution in [3.05, 3.63) is 212 Å². The Bertz CT molecular complexity index is 3710. The third-order valence-electron chi connectivity index (χ3n) is 17.2. The maximum Gasteiger partial charge on any atom is 0.119 e. The second-order valence-electron chi connectivity index (χ2n) is 28.2. The summed E-state index contributed by atoms with van der Waals surface area (Å²) in [4.78, 5) is 16.0. The zero-order valence-electron chi connectivity index (χ0n) is 56.5. The summed E-state index contributed by atoms with van der Waals surface area (Å²) in [6, 6.07) is 52.4. The summed E-state index contributed by atoms with van der Waals surface area (Å²) in [7, 11) is 20.3. The van der Waals surface area contributed by atoms with Crippen LogP contribution in [0.3, 0.4) is 0 Å². The predicted octanol–water partition coefficient (Wildman–Crippen LogP) is 14.0. The summed E-state index contributed by atoms with van der Waals surface area (Å²) < 4.78 is 28.5. The molecule has 0 atom stereocenters. The number of ether oxygens (including phenoxy) is 4. The van der Waals surface area contributed by atoms with Crippen LogP contribution in [0.1, 0.15) is 168 Å². The molecule has 1 aliphatic rings. The van der Waals surface area contributed by atoms with E-state index in [4.69, 9.17) is 18.9 Å². The minimum Gasteiger partial charge on any atom is -0.494 e. The molecule has 11 heteroatoms. The lowest BCUT2D eigenvalue weighted by atomic mass is 10.0. The van der Waals surface area contributed by atoms with Crippen molar-refractivity contribution in [3.63, 3.8) is 0 Å². The van der Waals surface area contributed by atoms with Crippen LogP contribution in [0.2, 0.25) is 0 Å². The highest BCUT2D eigenvalue weighted by Gasteiger charge is 2.20. The van der Waals surface area contributed by atoms with Gasteiger partial charge in [-0.05, 0) is 184 Å². The van der Waals surface area contributed by atoms with Crippen molar-refractivity contribution < 1.29 is 32.4 Å². The zero-order chi connectivity index (χ0) is 63.4. The highest BCUT2D eigenvalue weighted by molar-refractivity contribution is 5.85. The topological polar surface area (TPSA) is 100 Å². The number of aromatic amines is 4. The number of fused-ring (bicyclic) bond motifs is 8. The van der Waals surface area contributed by atoms with Crippen LogP contribution < -0.4 is 40.3 Å². The van der Waals surface area contributed by atoms with Crippen molar-refractivity contribution >= 4 is 22.3 Å². The fraction of sp³-hybridized carbons (Fsp3) is 0.443. The SMILES string of the molecule is CCCCCCCCCCCOc1ccc(C2=c3ccc([nH]3)=C(c3ccc(OCCCCC[N+](C)(C)C)cc3)c3ccc([nH]3)C(c3ccc(OCCCCC[N+](C)(C)C)cc3)=c3ccc([nH]3)=C(c3ccc(OCCCCC[N+](C)(C)C)cc3)c3ccc2[nH]3)cc1. The van der Waals surface area contributed by atoms with E-state index in [-0.39, 0.29) is 0 Å². The van der Waals surface area contributed by atoms with Gasteiger partial charge < -0.3 is 52.3 Å².